The Bertz CT molecular complexity index is 357. The van der Waals surface area contributed by atoms with E-state index in [4.69, 9.17) is 5.11 Å². The molecule has 86 valence electrons. The van der Waals surface area contributed by atoms with Crippen LogP contribution in [-0.4, -0.2) is 11.1 Å². The van der Waals surface area contributed by atoms with Crippen LogP contribution < -0.4 is 0 Å². The number of hydrogen-bond donors (Lipinski definition) is 1. The molecule has 1 aromatic rings. The first-order valence-electron chi connectivity index (χ1n) is 5.21. The molecule has 1 aromatic carbocycles. The first kappa shape index (κ1) is 12.4. The molecule has 0 aliphatic carbocycles. The van der Waals surface area contributed by atoms with Gasteiger partial charge in [-0.15, -0.1) is 6.58 Å². The van der Waals surface area contributed by atoms with Gasteiger partial charge in [0, 0.05) is 0 Å². The van der Waals surface area contributed by atoms with E-state index in [0.29, 0.717) is 19.3 Å². The summed E-state index contributed by atoms with van der Waals surface area (Å²) in [4.78, 5) is 11.0. The molecule has 16 heavy (non-hydrogen) atoms. The van der Waals surface area contributed by atoms with Crippen LogP contribution >= 0.6 is 0 Å². The van der Waals surface area contributed by atoms with E-state index < -0.39 is 11.9 Å². The zero-order valence-electron chi connectivity index (χ0n) is 9.03. The van der Waals surface area contributed by atoms with Crippen LogP contribution in [-0.2, 0) is 11.2 Å². The Hall–Kier alpha value is -1.64. The summed E-state index contributed by atoms with van der Waals surface area (Å²) >= 11 is 0. The van der Waals surface area contributed by atoms with Gasteiger partial charge in [-0.2, -0.15) is 0 Å². The standard InChI is InChI=1S/C13H15FO2/c1-2-3-4-11(13(15)16)9-10-5-7-12(14)8-6-10/h2,5-8,11H,1,3-4,9H2,(H,15,16). The average Bonchev–Trinajstić information content (AvgIpc) is 2.26. The molecule has 2 nitrogen and oxygen atoms in total. The van der Waals surface area contributed by atoms with Crippen LogP contribution in [0.4, 0.5) is 4.39 Å². The Balaban J connectivity index is 2.63. The van der Waals surface area contributed by atoms with Gasteiger partial charge < -0.3 is 5.11 Å². The van der Waals surface area contributed by atoms with Crippen molar-refractivity contribution in [1.29, 1.82) is 0 Å². The van der Waals surface area contributed by atoms with Crippen molar-refractivity contribution < 1.29 is 14.3 Å². The Morgan fingerprint density at radius 1 is 1.44 bits per heavy atom. The molecule has 0 aliphatic rings. The lowest BCUT2D eigenvalue weighted by molar-refractivity contribution is -0.141. The van der Waals surface area contributed by atoms with E-state index in [1.165, 1.54) is 12.1 Å². The second-order valence-electron chi connectivity index (χ2n) is 3.73. The minimum absolute atomic E-state index is 0.304. The molecule has 0 bridgehead atoms. The average molecular weight is 222 g/mol. The highest BCUT2D eigenvalue weighted by atomic mass is 19.1. The van der Waals surface area contributed by atoms with Gasteiger partial charge in [0.15, 0.2) is 0 Å². The van der Waals surface area contributed by atoms with Crippen molar-refractivity contribution in [3.63, 3.8) is 0 Å². The van der Waals surface area contributed by atoms with E-state index in [1.807, 2.05) is 0 Å². The van der Waals surface area contributed by atoms with E-state index in [9.17, 15) is 9.18 Å². The van der Waals surface area contributed by atoms with Crippen molar-refractivity contribution in [3.8, 4) is 0 Å². The lowest BCUT2D eigenvalue weighted by Gasteiger charge is -2.10. The number of carboxylic acid groups (broad SMARTS) is 1. The molecule has 0 aliphatic heterocycles. The second-order valence-corrected chi connectivity index (χ2v) is 3.73. The van der Waals surface area contributed by atoms with Crippen LogP contribution in [0, 0.1) is 11.7 Å². The van der Waals surface area contributed by atoms with Crippen LogP contribution in [0.15, 0.2) is 36.9 Å². The molecule has 1 unspecified atom stereocenters. The molecular formula is C13H15FO2. The van der Waals surface area contributed by atoms with E-state index in [1.54, 1.807) is 18.2 Å². The first-order chi connectivity index (χ1) is 7.63. The summed E-state index contributed by atoms with van der Waals surface area (Å²) in [6.07, 6.45) is 3.39. The molecular weight excluding hydrogens is 207 g/mol. The Morgan fingerprint density at radius 2 is 2.06 bits per heavy atom. The Kier molecular flexibility index (Phi) is 4.70. The molecule has 3 heteroatoms. The summed E-state index contributed by atoms with van der Waals surface area (Å²) in [5.74, 6) is -1.55. The highest BCUT2D eigenvalue weighted by Crippen LogP contribution is 2.15. The second kappa shape index (κ2) is 6.05. The van der Waals surface area contributed by atoms with Crippen molar-refractivity contribution in [2.24, 2.45) is 5.92 Å². The maximum Gasteiger partial charge on any atom is 0.306 e. The highest BCUT2D eigenvalue weighted by molar-refractivity contribution is 5.70. The third kappa shape index (κ3) is 3.85. The highest BCUT2D eigenvalue weighted by Gasteiger charge is 2.16. The Labute approximate surface area is 94.4 Å². The van der Waals surface area contributed by atoms with E-state index in [0.717, 1.165) is 5.56 Å². The normalized spacial score (nSPS) is 12.1. The van der Waals surface area contributed by atoms with Gasteiger partial charge in [-0.05, 0) is 37.0 Å². The summed E-state index contributed by atoms with van der Waals surface area (Å²) in [7, 11) is 0. The lowest BCUT2D eigenvalue weighted by atomic mass is 9.95. The van der Waals surface area contributed by atoms with Gasteiger partial charge in [-0.1, -0.05) is 18.2 Å². The molecule has 0 saturated heterocycles. The zero-order chi connectivity index (χ0) is 12.0. The summed E-state index contributed by atoms with van der Waals surface area (Å²) in [5, 5.41) is 9.01. The number of rotatable bonds is 6. The predicted octanol–water partition coefficient (Wildman–Crippen LogP) is 3.04. The fraction of sp³-hybridized carbons (Fsp3) is 0.308. The molecule has 0 fully saturated rings. The molecule has 0 spiro atoms. The molecule has 1 atom stereocenters. The van der Waals surface area contributed by atoms with Gasteiger partial charge in [0.05, 0.1) is 5.92 Å². The number of carboxylic acids is 1. The molecule has 0 saturated carbocycles. The van der Waals surface area contributed by atoms with Crippen LogP contribution in [0.1, 0.15) is 18.4 Å². The predicted molar refractivity (Wildman–Crippen MR) is 60.7 cm³/mol. The van der Waals surface area contributed by atoms with Crippen molar-refractivity contribution in [2.45, 2.75) is 19.3 Å². The summed E-state index contributed by atoms with van der Waals surface area (Å²) < 4.78 is 12.7. The quantitative estimate of drug-likeness (QED) is 0.751. The number of carbonyl (C=O) groups is 1. The molecule has 0 amide bonds. The number of allylic oxidation sites excluding steroid dienone is 1. The van der Waals surface area contributed by atoms with E-state index in [2.05, 4.69) is 6.58 Å². The van der Waals surface area contributed by atoms with Crippen LogP contribution in [0.2, 0.25) is 0 Å². The van der Waals surface area contributed by atoms with Crippen molar-refractivity contribution in [1.82, 2.24) is 0 Å². The fourth-order valence-corrected chi connectivity index (χ4v) is 1.54. The third-order valence-corrected chi connectivity index (χ3v) is 2.46. The van der Waals surface area contributed by atoms with Gasteiger partial charge in [0.1, 0.15) is 5.82 Å². The number of hydrogen-bond acceptors (Lipinski definition) is 1. The molecule has 0 aromatic heterocycles. The van der Waals surface area contributed by atoms with Crippen molar-refractivity contribution >= 4 is 5.97 Å². The fourth-order valence-electron chi connectivity index (χ4n) is 1.54. The SMILES string of the molecule is C=CCCC(Cc1ccc(F)cc1)C(=O)O. The lowest BCUT2D eigenvalue weighted by Crippen LogP contribution is -2.16. The van der Waals surface area contributed by atoms with Crippen molar-refractivity contribution in [2.75, 3.05) is 0 Å². The Morgan fingerprint density at radius 3 is 2.56 bits per heavy atom. The minimum atomic E-state index is -0.814. The number of halogens is 1. The van der Waals surface area contributed by atoms with E-state index >= 15 is 0 Å². The monoisotopic (exact) mass is 222 g/mol. The van der Waals surface area contributed by atoms with Gasteiger partial charge in [0.2, 0.25) is 0 Å². The minimum Gasteiger partial charge on any atom is -0.481 e. The van der Waals surface area contributed by atoms with Crippen LogP contribution in [0.25, 0.3) is 0 Å². The van der Waals surface area contributed by atoms with Gasteiger partial charge in [0.25, 0.3) is 0 Å². The topological polar surface area (TPSA) is 37.3 Å². The molecule has 0 heterocycles. The first-order valence-corrected chi connectivity index (χ1v) is 5.21. The van der Waals surface area contributed by atoms with E-state index in [-0.39, 0.29) is 5.82 Å². The van der Waals surface area contributed by atoms with Gasteiger partial charge in [-0.3, -0.25) is 4.79 Å². The van der Waals surface area contributed by atoms with Crippen molar-refractivity contribution in [3.05, 3.63) is 48.3 Å². The largest absolute Gasteiger partial charge is 0.481 e. The third-order valence-electron chi connectivity index (χ3n) is 2.46. The molecule has 0 radical (unpaired) electrons. The zero-order valence-corrected chi connectivity index (χ0v) is 9.03. The number of benzene rings is 1. The van der Waals surface area contributed by atoms with Gasteiger partial charge in [-0.25, -0.2) is 4.39 Å². The maximum absolute atomic E-state index is 12.7. The summed E-state index contributed by atoms with van der Waals surface area (Å²) in [5.41, 5.74) is 0.845. The van der Waals surface area contributed by atoms with Gasteiger partial charge >= 0.3 is 5.97 Å². The van der Waals surface area contributed by atoms with Crippen LogP contribution in [0.3, 0.4) is 0 Å². The number of aliphatic carboxylic acids is 1. The van der Waals surface area contributed by atoms with Crippen LogP contribution in [0.5, 0.6) is 0 Å². The molecule has 1 N–H and O–H groups in total. The smallest absolute Gasteiger partial charge is 0.306 e. The maximum atomic E-state index is 12.7. The summed E-state index contributed by atoms with van der Waals surface area (Å²) in [6, 6.07) is 5.95. The summed E-state index contributed by atoms with van der Waals surface area (Å²) in [6.45, 7) is 3.57. The molecule has 1 rings (SSSR count).